The van der Waals surface area contributed by atoms with Gasteiger partial charge in [0.25, 0.3) is 0 Å². The number of carbonyl (C=O) groups is 3. The molecule has 2 aliphatic rings. The lowest BCUT2D eigenvalue weighted by molar-refractivity contribution is -0.139. The van der Waals surface area contributed by atoms with Crippen molar-refractivity contribution < 1.29 is 28.3 Å². The minimum Gasteiger partial charge on any atom is -0.390 e. The second kappa shape index (κ2) is 19.3. The Hall–Kier alpha value is -2.25. The predicted molar refractivity (Wildman–Crippen MR) is 169 cm³/mol. The molecule has 0 aromatic rings. The van der Waals surface area contributed by atoms with Gasteiger partial charge in [0.05, 0.1) is 12.1 Å². The maximum Gasteiger partial charge on any atom is 0.234 e. The van der Waals surface area contributed by atoms with Crippen molar-refractivity contribution in [3.05, 3.63) is 0 Å². The molecule has 0 saturated heterocycles. The molecule has 2 aliphatic carbocycles. The lowest BCUT2D eigenvalue weighted by Crippen LogP contribution is -2.54. The molecule has 0 aromatic heterocycles. The lowest BCUT2D eigenvalue weighted by atomic mass is 9.74. The van der Waals surface area contributed by atoms with E-state index in [0.717, 1.165) is 12.8 Å². The number of aliphatic hydroxyl groups excluding tert-OH is 1. The minimum atomic E-state index is -1.26. The number of hydrogen-bond donors (Lipinski definition) is 3. The lowest BCUT2D eigenvalue weighted by Gasteiger charge is -2.37. The summed E-state index contributed by atoms with van der Waals surface area (Å²) < 4.78 is 28.6. The fourth-order valence-corrected chi connectivity index (χ4v) is 6.84. The van der Waals surface area contributed by atoms with Gasteiger partial charge in [-0.1, -0.05) is 34.6 Å². The average Bonchev–Trinajstić information content (AvgIpc) is 2.94. The standard InChI is InChI=1S/C34H58F2N4O4/c1-7-11-24-15-26(20-27(16-24)34(44)39(12-8-2)13-9-3)33(43)37-30(19-25-17-28(35)21-29(36)18-25)31(41)22-40(10-4)38-32(42)14-23(5)6/h23-31,41H,8-10,12-22H2,1-6H3,(H,37,43)(H,38,42). The number of likely N-dealkylation sites (N-methyl/N-ethyl adjacent to an activating group) is 1. The van der Waals surface area contributed by atoms with Crippen molar-refractivity contribution in [1.29, 1.82) is 0 Å². The SMILES string of the molecule is CC#CC1CC(C(=O)NC(CC2CC(F)CC(F)C2)C(O)CN(CC)NC(=O)CC(C)C)CC(C(=O)N(CCC)CCC)C1. The van der Waals surface area contributed by atoms with Crippen molar-refractivity contribution in [3.63, 3.8) is 0 Å². The summed E-state index contributed by atoms with van der Waals surface area (Å²) in [5.41, 5.74) is 2.83. The topological polar surface area (TPSA) is 102 Å². The first kappa shape index (κ1) is 37.9. The molecular weight excluding hydrogens is 566 g/mol. The highest BCUT2D eigenvalue weighted by molar-refractivity contribution is 5.83. The van der Waals surface area contributed by atoms with Gasteiger partial charge in [0, 0.05) is 56.8 Å². The van der Waals surface area contributed by atoms with Crippen molar-refractivity contribution in [2.45, 2.75) is 130 Å². The number of amides is 3. The quantitative estimate of drug-likeness (QED) is 0.169. The molecule has 0 spiro atoms. The summed E-state index contributed by atoms with van der Waals surface area (Å²) in [5, 5.41) is 16.1. The van der Waals surface area contributed by atoms with Crippen molar-refractivity contribution in [3.8, 4) is 11.8 Å². The van der Waals surface area contributed by atoms with Crippen LogP contribution in [0.5, 0.6) is 0 Å². The maximum atomic E-state index is 14.3. The van der Waals surface area contributed by atoms with Gasteiger partial charge in [-0.15, -0.1) is 11.8 Å². The summed E-state index contributed by atoms with van der Waals surface area (Å²) in [7, 11) is 0. The molecule has 252 valence electrons. The summed E-state index contributed by atoms with van der Waals surface area (Å²) in [6, 6.07) is -0.774. The number of nitrogens with zero attached hydrogens (tertiary/aromatic N) is 2. The Kier molecular flexibility index (Phi) is 16.6. The van der Waals surface area contributed by atoms with Gasteiger partial charge in [-0.05, 0) is 70.1 Å². The first-order chi connectivity index (χ1) is 20.9. The number of alkyl halides is 2. The van der Waals surface area contributed by atoms with Gasteiger partial charge in [0.1, 0.15) is 12.3 Å². The maximum absolute atomic E-state index is 14.3. The van der Waals surface area contributed by atoms with Crippen LogP contribution in [0.1, 0.15) is 106 Å². The number of hydrazine groups is 1. The molecule has 7 unspecified atom stereocenters. The van der Waals surface area contributed by atoms with E-state index in [1.54, 1.807) is 11.9 Å². The van der Waals surface area contributed by atoms with Crippen molar-refractivity contribution >= 4 is 17.7 Å². The summed E-state index contributed by atoms with van der Waals surface area (Å²) in [6.07, 6.45) is 0.423. The fraction of sp³-hybridized carbons (Fsp3) is 0.853. The third-order valence-electron chi connectivity index (χ3n) is 8.81. The van der Waals surface area contributed by atoms with E-state index in [9.17, 15) is 28.3 Å². The van der Waals surface area contributed by atoms with Crippen molar-refractivity contribution in [2.24, 2.45) is 29.6 Å². The molecule has 8 nitrogen and oxygen atoms in total. The van der Waals surface area contributed by atoms with E-state index in [-0.39, 0.29) is 73.6 Å². The van der Waals surface area contributed by atoms with Crippen LogP contribution in [0.4, 0.5) is 8.78 Å². The van der Waals surface area contributed by atoms with Crippen LogP contribution in [0.2, 0.25) is 0 Å². The highest BCUT2D eigenvalue weighted by atomic mass is 19.1. The van der Waals surface area contributed by atoms with Gasteiger partial charge in [-0.2, -0.15) is 0 Å². The van der Waals surface area contributed by atoms with Crippen LogP contribution in [0, 0.1) is 41.4 Å². The first-order valence-electron chi connectivity index (χ1n) is 16.9. The molecule has 0 aromatic carbocycles. The van der Waals surface area contributed by atoms with Crippen LogP contribution < -0.4 is 10.7 Å². The summed E-state index contributed by atoms with van der Waals surface area (Å²) in [5.74, 6) is 4.70. The third kappa shape index (κ3) is 12.6. The summed E-state index contributed by atoms with van der Waals surface area (Å²) in [6.45, 7) is 13.4. The average molecular weight is 625 g/mol. The Morgan fingerprint density at radius 2 is 1.55 bits per heavy atom. The number of halogens is 2. The number of rotatable bonds is 16. The summed E-state index contributed by atoms with van der Waals surface area (Å²) in [4.78, 5) is 41.7. The molecule has 10 heteroatoms. The third-order valence-corrected chi connectivity index (χ3v) is 8.81. The van der Waals surface area contributed by atoms with Crippen LogP contribution in [-0.4, -0.2) is 83.4 Å². The van der Waals surface area contributed by atoms with Crippen molar-refractivity contribution in [1.82, 2.24) is 20.7 Å². The van der Waals surface area contributed by atoms with E-state index in [1.807, 2.05) is 39.5 Å². The van der Waals surface area contributed by atoms with Gasteiger partial charge in [0.15, 0.2) is 0 Å². The predicted octanol–water partition coefficient (Wildman–Crippen LogP) is 4.80. The van der Waals surface area contributed by atoms with Gasteiger partial charge < -0.3 is 15.3 Å². The van der Waals surface area contributed by atoms with Crippen LogP contribution in [0.3, 0.4) is 0 Å². The molecular formula is C34H58F2N4O4. The molecule has 44 heavy (non-hydrogen) atoms. The van der Waals surface area contributed by atoms with Crippen LogP contribution in [0.25, 0.3) is 0 Å². The normalized spacial score (nSPS) is 26.8. The van der Waals surface area contributed by atoms with E-state index >= 15 is 0 Å². The Bertz CT molecular complexity index is 955. The molecule has 0 aliphatic heterocycles. The van der Waals surface area contributed by atoms with Crippen molar-refractivity contribution in [2.75, 3.05) is 26.2 Å². The second-order valence-corrected chi connectivity index (χ2v) is 13.4. The van der Waals surface area contributed by atoms with Crippen LogP contribution >= 0.6 is 0 Å². The molecule has 2 fully saturated rings. The van der Waals surface area contributed by atoms with Gasteiger partial charge >= 0.3 is 0 Å². The van der Waals surface area contributed by atoms with E-state index in [1.165, 1.54) is 0 Å². The van der Waals surface area contributed by atoms with E-state index in [4.69, 9.17) is 0 Å². The van der Waals surface area contributed by atoms with E-state index in [0.29, 0.717) is 45.3 Å². The molecule has 0 heterocycles. The molecule has 3 amide bonds. The molecule has 7 atom stereocenters. The monoisotopic (exact) mass is 624 g/mol. The zero-order valence-corrected chi connectivity index (χ0v) is 27.9. The van der Waals surface area contributed by atoms with Crippen LogP contribution in [0.15, 0.2) is 0 Å². The van der Waals surface area contributed by atoms with E-state index in [2.05, 4.69) is 22.6 Å². The Morgan fingerprint density at radius 1 is 0.932 bits per heavy atom. The highest BCUT2D eigenvalue weighted by Crippen LogP contribution is 2.36. The van der Waals surface area contributed by atoms with Crippen LogP contribution in [-0.2, 0) is 14.4 Å². The molecule has 0 radical (unpaired) electrons. The number of nitrogens with one attached hydrogen (secondary N) is 2. The Morgan fingerprint density at radius 3 is 2.09 bits per heavy atom. The smallest absolute Gasteiger partial charge is 0.234 e. The zero-order chi connectivity index (χ0) is 32.8. The highest BCUT2D eigenvalue weighted by Gasteiger charge is 2.39. The minimum absolute atomic E-state index is 0.0504. The Balaban J connectivity index is 2.24. The van der Waals surface area contributed by atoms with Gasteiger partial charge in [-0.25, -0.2) is 13.8 Å². The Labute approximate surface area is 264 Å². The number of aliphatic hydroxyl groups is 1. The largest absolute Gasteiger partial charge is 0.390 e. The van der Waals surface area contributed by atoms with Gasteiger partial charge in [0.2, 0.25) is 17.7 Å². The van der Waals surface area contributed by atoms with E-state index < -0.39 is 30.4 Å². The van der Waals surface area contributed by atoms with Gasteiger partial charge in [-0.3, -0.25) is 19.8 Å². The fourth-order valence-electron chi connectivity index (χ4n) is 6.84. The zero-order valence-electron chi connectivity index (χ0n) is 27.9. The second-order valence-electron chi connectivity index (χ2n) is 13.4. The molecule has 0 bridgehead atoms. The molecule has 2 saturated carbocycles. The molecule has 3 N–H and O–H groups in total. The summed E-state index contributed by atoms with van der Waals surface area (Å²) >= 11 is 0. The number of carbonyl (C=O) groups excluding carboxylic acids is 3. The number of hydrogen-bond acceptors (Lipinski definition) is 5. The first-order valence-corrected chi connectivity index (χ1v) is 16.9. The molecule has 2 rings (SSSR count).